The summed E-state index contributed by atoms with van der Waals surface area (Å²) in [6.45, 7) is 11.7. The molecule has 3 rings (SSSR count). The number of hydrogen-bond acceptors (Lipinski definition) is 6. The fraction of sp³-hybridized carbons (Fsp3) is 0.480. The van der Waals surface area contributed by atoms with Crippen LogP contribution in [0.2, 0.25) is 0 Å². The Morgan fingerprint density at radius 2 is 1.70 bits per heavy atom. The van der Waals surface area contributed by atoms with E-state index in [0.29, 0.717) is 23.7 Å². The van der Waals surface area contributed by atoms with Gasteiger partial charge in [0.1, 0.15) is 13.2 Å². The fourth-order valence-electron chi connectivity index (χ4n) is 2.76. The summed E-state index contributed by atoms with van der Waals surface area (Å²) in [7, 11) is 6.26. The van der Waals surface area contributed by atoms with Crippen LogP contribution in [-0.4, -0.2) is 73.7 Å². The molecule has 0 spiro atoms. The van der Waals surface area contributed by atoms with Crippen LogP contribution < -0.4 is 0 Å². The molecule has 0 radical (unpaired) electrons. The van der Waals surface area contributed by atoms with Gasteiger partial charge >= 0.3 is 5.97 Å². The molecule has 0 amide bonds. The van der Waals surface area contributed by atoms with Crippen LogP contribution in [-0.2, 0) is 9.47 Å². The Hall–Kier alpha value is -2.55. The minimum atomic E-state index is -0.535. The molecule has 0 aliphatic carbocycles. The van der Waals surface area contributed by atoms with Gasteiger partial charge in [0.2, 0.25) is 5.78 Å². The largest absolute Gasteiger partial charge is 0.458 e. The number of hydrogen-bond donors (Lipinski definition) is 1. The number of carbonyl (C=O) groups is 2. The average molecular weight is 477 g/mol. The van der Waals surface area contributed by atoms with Crippen molar-refractivity contribution in [1.82, 2.24) is 9.97 Å². The Bertz CT molecular complexity index is 1020. The van der Waals surface area contributed by atoms with E-state index in [-0.39, 0.29) is 23.1 Å². The maximum Gasteiger partial charge on any atom is 0.358 e. The van der Waals surface area contributed by atoms with Crippen LogP contribution in [0.25, 0.3) is 10.9 Å². The summed E-state index contributed by atoms with van der Waals surface area (Å²) in [6.07, 6.45) is 1.68. The molecule has 0 fully saturated rings. The third kappa shape index (κ3) is 8.38. The standard InChI is InChI=1S/C21H25N3O4S.2C2H6/c1-14-18(21(26)28-12-11-27-10-9-24(2,3)4)23-20(29-14)19(25)16-13-22-17-8-6-5-7-15(16)17;2*1-2/h5-8,13H,9-12H2,1-4H3;2*1-2H3/p+1. The highest BCUT2D eigenvalue weighted by Gasteiger charge is 2.23. The van der Waals surface area contributed by atoms with E-state index in [1.807, 2.05) is 52.0 Å². The van der Waals surface area contributed by atoms with Crippen LogP contribution >= 0.6 is 11.3 Å². The van der Waals surface area contributed by atoms with Gasteiger partial charge in [-0.15, -0.1) is 11.3 Å². The number of thiazole rings is 1. The van der Waals surface area contributed by atoms with Gasteiger partial charge in [0.05, 0.1) is 39.9 Å². The number of nitrogens with zero attached hydrogens (tertiary/aromatic N) is 2. The van der Waals surface area contributed by atoms with Crippen LogP contribution in [0, 0.1) is 6.92 Å². The summed E-state index contributed by atoms with van der Waals surface area (Å²) in [4.78, 5) is 33.2. The minimum absolute atomic E-state index is 0.151. The molecule has 2 aromatic heterocycles. The number of carbonyl (C=O) groups excluding carboxylic acids is 2. The highest BCUT2D eigenvalue weighted by atomic mass is 32.1. The van der Waals surface area contributed by atoms with E-state index in [1.54, 1.807) is 13.1 Å². The van der Waals surface area contributed by atoms with Crippen molar-refractivity contribution in [3.8, 4) is 0 Å². The van der Waals surface area contributed by atoms with Crippen molar-refractivity contribution in [2.45, 2.75) is 34.6 Å². The summed E-state index contributed by atoms with van der Waals surface area (Å²) in [5, 5.41) is 1.11. The smallest absolute Gasteiger partial charge is 0.358 e. The first kappa shape index (κ1) is 28.5. The first-order chi connectivity index (χ1) is 15.8. The van der Waals surface area contributed by atoms with Crippen molar-refractivity contribution < 1.29 is 23.5 Å². The topological polar surface area (TPSA) is 81.3 Å². The van der Waals surface area contributed by atoms with Gasteiger partial charge in [0.15, 0.2) is 10.7 Å². The minimum Gasteiger partial charge on any atom is -0.458 e. The van der Waals surface area contributed by atoms with Crippen molar-refractivity contribution in [2.24, 2.45) is 0 Å². The molecule has 2 heterocycles. The second-order valence-corrected chi connectivity index (χ2v) is 8.97. The van der Waals surface area contributed by atoms with E-state index < -0.39 is 5.97 Å². The maximum atomic E-state index is 12.9. The predicted octanol–water partition coefficient (Wildman–Crippen LogP) is 5.10. The van der Waals surface area contributed by atoms with E-state index in [1.165, 1.54) is 11.3 Å². The first-order valence-electron chi connectivity index (χ1n) is 11.4. The summed E-state index contributed by atoms with van der Waals surface area (Å²) in [6, 6.07) is 7.57. The molecule has 0 saturated carbocycles. The lowest BCUT2D eigenvalue weighted by Gasteiger charge is -2.23. The van der Waals surface area contributed by atoms with Gasteiger partial charge in [-0.2, -0.15) is 0 Å². The van der Waals surface area contributed by atoms with E-state index in [2.05, 4.69) is 31.1 Å². The van der Waals surface area contributed by atoms with Crippen molar-refractivity contribution in [2.75, 3.05) is 47.5 Å². The number of ketones is 1. The number of benzene rings is 1. The highest BCUT2D eigenvalue weighted by Crippen LogP contribution is 2.25. The van der Waals surface area contributed by atoms with Crippen LogP contribution in [0.5, 0.6) is 0 Å². The summed E-state index contributed by atoms with van der Waals surface area (Å²) < 4.78 is 11.6. The molecule has 0 bridgehead atoms. The zero-order valence-electron chi connectivity index (χ0n) is 21.2. The molecule has 182 valence electrons. The molecular weight excluding hydrogens is 438 g/mol. The second-order valence-electron chi connectivity index (χ2n) is 7.76. The number of nitrogens with one attached hydrogen (secondary N) is 1. The molecule has 0 unspecified atom stereocenters. The number of aromatic amines is 1. The molecule has 8 heteroatoms. The number of aryl methyl sites for hydroxylation is 1. The maximum absolute atomic E-state index is 12.9. The van der Waals surface area contributed by atoms with Gasteiger partial charge < -0.3 is 18.9 Å². The van der Waals surface area contributed by atoms with E-state index in [0.717, 1.165) is 21.9 Å². The number of H-pyrrole nitrogens is 1. The Kier molecular flexibility index (Phi) is 12.0. The van der Waals surface area contributed by atoms with Crippen molar-refractivity contribution in [3.63, 3.8) is 0 Å². The number of esters is 1. The van der Waals surface area contributed by atoms with E-state index in [4.69, 9.17) is 9.47 Å². The summed E-state index contributed by atoms with van der Waals surface area (Å²) in [5.41, 5.74) is 1.61. The molecule has 3 aromatic rings. The molecule has 0 aliphatic rings. The number of quaternary nitrogens is 1. The fourth-order valence-corrected chi connectivity index (χ4v) is 3.61. The van der Waals surface area contributed by atoms with Gasteiger partial charge in [-0.3, -0.25) is 4.79 Å². The molecule has 1 aromatic carbocycles. The lowest BCUT2D eigenvalue weighted by molar-refractivity contribution is -0.870. The zero-order chi connectivity index (χ0) is 25.0. The lowest BCUT2D eigenvalue weighted by atomic mass is 10.1. The molecule has 0 aliphatic heterocycles. The average Bonchev–Trinajstić information content (AvgIpc) is 3.41. The normalized spacial score (nSPS) is 10.7. The molecule has 0 atom stereocenters. The molecule has 7 nitrogen and oxygen atoms in total. The van der Waals surface area contributed by atoms with Crippen LogP contribution in [0.1, 0.15) is 58.4 Å². The van der Waals surface area contributed by atoms with Crippen LogP contribution in [0.3, 0.4) is 0 Å². The van der Waals surface area contributed by atoms with Gasteiger partial charge in [-0.05, 0) is 13.0 Å². The quantitative estimate of drug-likeness (QED) is 0.201. The van der Waals surface area contributed by atoms with Crippen molar-refractivity contribution in [1.29, 1.82) is 0 Å². The zero-order valence-corrected chi connectivity index (χ0v) is 22.0. The Labute approximate surface area is 201 Å². The second kappa shape index (κ2) is 13.9. The Morgan fingerprint density at radius 3 is 2.36 bits per heavy atom. The van der Waals surface area contributed by atoms with Crippen LogP contribution in [0.4, 0.5) is 0 Å². The lowest BCUT2D eigenvalue weighted by Crippen LogP contribution is -2.37. The van der Waals surface area contributed by atoms with Gasteiger partial charge in [-0.1, -0.05) is 45.9 Å². The van der Waals surface area contributed by atoms with Crippen molar-refractivity contribution in [3.05, 3.63) is 51.6 Å². The van der Waals surface area contributed by atoms with E-state index in [9.17, 15) is 9.59 Å². The summed E-state index contributed by atoms with van der Waals surface area (Å²) >= 11 is 1.20. The number of para-hydroxylation sites is 1. The van der Waals surface area contributed by atoms with Gasteiger partial charge in [0, 0.05) is 22.0 Å². The van der Waals surface area contributed by atoms with Gasteiger partial charge in [0.25, 0.3) is 0 Å². The number of aromatic nitrogens is 2. The predicted molar refractivity (Wildman–Crippen MR) is 135 cm³/mol. The third-order valence-electron chi connectivity index (χ3n) is 4.39. The molecule has 0 saturated heterocycles. The van der Waals surface area contributed by atoms with E-state index >= 15 is 0 Å². The molecular formula is C25H38N3O4S+. The Balaban J connectivity index is 0.00000129. The number of ether oxygens (including phenoxy) is 2. The van der Waals surface area contributed by atoms with Crippen molar-refractivity contribution >= 4 is 34.0 Å². The van der Waals surface area contributed by atoms with Crippen LogP contribution in [0.15, 0.2) is 30.5 Å². The summed E-state index contributed by atoms with van der Waals surface area (Å²) in [5.74, 6) is -0.745. The molecule has 1 N–H and O–H groups in total. The number of likely N-dealkylation sites (N-methyl/N-ethyl adjacent to an activating group) is 1. The third-order valence-corrected chi connectivity index (χ3v) is 5.35. The monoisotopic (exact) mass is 476 g/mol. The SMILES string of the molecule is CC.CC.Cc1sc(C(=O)c2c[nH]c3ccccc23)nc1C(=O)OCCOCC[N+](C)(C)C. The number of rotatable bonds is 9. The highest BCUT2D eigenvalue weighted by molar-refractivity contribution is 7.14. The number of fused-ring (bicyclic) bond motifs is 1. The van der Waals surface area contributed by atoms with Gasteiger partial charge in [-0.25, -0.2) is 9.78 Å². The molecule has 33 heavy (non-hydrogen) atoms. The first-order valence-corrected chi connectivity index (χ1v) is 12.2. The Morgan fingerprint density at radius 1 is 1.03 bits per heavy atom.